The standard InChI is InChI=1S/C22H22N4O6/c1-14(23-13-15-6-4-5-7-19(15)31-2)21-18(12-20(27)32-3)24-25(22(21)28)16-8-10-17(11-9-16)26(29)30/h4-11,24H,12-13H2,1-3H3. The van der Waals surface area contributed by atoms with E-state index in [-0.39, 0.29) is 24.2 Å². The smallest absolute Gasteiger partial charge is 0.311 e. The van der Waals surface area contributed by atoms with Crippen LogP contribution in [-0.4, -0.2) is 40.6 Å². The highest BCUT2D eigenvalue weighted by molar-refractivity contribution is 6.00. The molecule has 0 saturated carbocycles. The van der Waals surface area contributed by atoms with E-state index in [0.717, 1.165) is 5.56 Å². The topological polar surface area (TPSA) is 129 Å². The summed E-state index contributed by atoms with van der Waals surface area (Å²) in [5, 5.41) is 13.8. The normalized spacial score (nSPS) is 11.3. The zero-order chi connectivity index (χ0) is 23.3. The summed E-state index contributed by atoms with van der Waals surface area (Å²) in [5.74, 6) is 0.150. The van der Waals surface area contributed by atoms with Crippen LogP contribution in [0.4, 0.5) is 5.69 Å². The summed E-state index contributed by atoms with van der Waals surface area (Å²) in [6.07, 6.45) is -0.164. The molecule has 0 aliphatic heterocycles. The predicted octanol–water partition coefficient (Wildman–Crippen LogP) is 2.81. The number of nitrogens with zero attached hydrogens (tertiary/aromatic N) is 3. The van der Waals surface area contributed by atoms with E-state index in [1.165, 1.54) is 36.1 Å². The number of hydrogen-bond donors (Lipinski definition) is 1. The first-order valence-electron chi connectivity index (χ1n) is 9.64. The van der Waals surface area contributed by atoms with Gasteiger partial charge in [-0.15, -0.1) is 0 Å². The number of nitro groups is 1. The quantitative estimate of drug-likeness (QED) is 0.249. The van der Waals surface area contributed by atoms with E-state index in [1.807, 2.05) is 24.3 Å². The van der Waals surface area contributed by atoms with Crippen molar-refractivity contribution in [1.82, 2.24) is 9.78 Å². The number of para-hydroxylation sites is 1. The summed E-state index contributed by atoms with van der Waals surface area (Å²) in [6.45, 7) is 1.95. The Kier molecular flexibility index (Phi) is 6.83. The van der Waals surface area contributed by atoms with Crippen LogP contribution in [0.25, 0.3) is 5.69 Å². The summed E-state index contributed by atoms with van der Waals surface area (Å²) < 4.78 is 11.3. The highest BCUT2D eigenvalue weighted by atomic mass is 16.6. The van der Waals surface area contributed by atoms with E-state index in [0.29, 0.717) is 22.8 Å². The summed E-state index contributed by atoms with van der Waals surface area (Å²) in [7, 11) is 2.83. The third-order valence-corrected chi connectivity index (χ3v) is 4.87. The van der Waals surface area contributed by atoms with Gasteiger partial charge in [0, 0.05) is 23.4 Å². The highest BCUT2D eigenvalue weighted by Gasteiger charge is 2.21. The zero-order valence-corrected chi connectivity index (χ0v) is 17.8. The van der Waals surface area contributed by atoms with Gasteiger partial charge >= 0.3 is 5.97 Å². The largest absolute Gasteiger partial charge is 0.496 e. The number of H-pyrrole nitrogens is 1. The Balaban J connectivity index is 2.03. The Hall–Kier alpha value is -4.21. The number of aromatic nitrogens is 2. The number of hydrogen-bond acceptors (Lipinski definition) is 7. The molecule has 10 nitrogen and oxygen atoms in total. The van der Waals surface area contributed by atoms with Gasteiger partial charge in [0.1, 0.15) is 5.75 Å². The van der Waals surface area contributed by atoms with Crippen LogP contribution in [0, 0.1) is 10.1 Å². The average molecular weight is 438 g/mol. The Morgan fingerprint density at radius 2 is 1.84 bits per heavy atom. The molecule has 0 spiro atoms. The van der Waals surface area contributed by atoms with E-state index in [1.54, 1.807) is 14.0 Å². The summed E-state index contributed by atoms with van der Waals surface area (Å²) >= 11 is 0. The van der Waals surface area contributed by atoms with Crippen LogP contribution in [0.15, 0.2) is 58.3 Å². The molecule has 0 radical (unpaired) electrons. The van der Waals surface area contributed by atoms with Crippen molar-refractivity contribution in [3.05, 3.63) is 85.8 Å². The third kappa shape index (κ3) is 4.75. The first kappa shape index (κ1) is 22.5. The molecule has 1 aromatic heterocycles. The van der Waals surface area contributed by atoms with Gasteiger partial charge in [0.2, 0.25) is 0 Å². The second kappa shape index (κ2) is 9.73. The molecule has 0 fully saturated rings. The molecular weight excluding hydrogens is 416 g/mol. The van der Waals surface area contributed by atoms with Crippen LogP contribution in [0.1, 0.15) is 23.7 Å². The lowest BCUT2D eigenvalue weighted by atomic mass is 10.1. The number of ether oxygens (including phenoxy) is 2. The second-order valence-electron chi connectivity index (χ2n) is 6.85. The third-order valence-electron chi connectivity index (χ3n) is 4.87. The number of nitrogens with one attached hydrogen (secondary N) is 1. The van der Waals surface area contributed by atoms with E-state index >= 15 is 0 Å². The van der Waals surface area contributed by atoms with Gasteiger partial charge < -0.3 is 9.47 Å². The number of esters is 1. The maximum atomic E-state index is 13.2. The molecule has 1 N–H and O–H groups in total. The summed E-state index contributed by atoms with van der Waals surface area (Å²) in [5.41, 5.74) is 1.70. The number of aromatic amines is 1. The van der Waals surface area contributed by atoms with Gasteiger partial charge in [-0.1, -0.05) is 18.2 Å². The summed E-state index contributed by atoms with van der Waals surface area (Å²) in [6, 6.07) is 12.9. The fraction of sp³-hybridized carbons (Fsp3) is 0.227. The number of non-ortho nitro benzene ring substituents is 1. The maximum Gasteiger partial charge on any atom is 0.311 e. The number of methoxy groups -OCH3 is 2. The van der Waals surface area contributed by atoms with E-state index < -0.39 is 16.5 Å². The van der Waals surface area contributed by atoms with E-state index in [2.05, 4.69) is 10.1 Å². The van der Waals surface area contributed by atoms with Crippen molar-refractivity contribution in [2.45, 2.75) is 19.9 Å². The molecule has 0 unspecified atom stereocenters. The van der Waals surface area contributed by atoms with E-state index in [4.69, 9.17) is 9.47 Å². The molecule has 0 atom stereocenters. The molecular formula is C22H22N4O6. The maximum absolute atomic E-state index is 13.2. The number of nitro benzene ring substituents is 1. The monoisotopic (exact) mass is 438 g/mol. The zero-order valence-electron chi connectivity index (χ0n) is 17.8. The van der Waals surface area contributed by atoms with Gasteiger partial charge in [0.15, 0.2) is 0 Å². The van der Waals surface area contributed by atoms with Crippen molar-refractivity contribution in [1.29, 1.82) is 0 Å². The van der Waals surface area contributed by atoms with Crippen LogP contribution < -0.4 is 10.3 Å². The number of carbonyl (C=O) groups excluding carboxylic acids is 1. The Morgan fingerprint density at radius 1 is 1.16 bits per heavy atom. The Bertz CT molecular complexity index is 1220. The molecule has 0 bridgehead atoms. The van der Waals surface area contributed by atoms with Crippen LogP contribution in [-0.2, 0) is 22.5 Å². The van der Waals surface area contributed by atoms with Crippen molar-refractivity contribution in [2.75, 3.05) is 14.2 Å². The van der Waals surface area contributed by atoms with Gasteiger partial charge in [-0.25, -0.2) is 4.68 Å². The molecule has 10 heteroatoms. The fourth-order valence-corrected chi connectivity index (χ4v) is 3.22. The number of carbonyl (C=O) groups is 1. The molecule has 0 aliphatic rings. The van der Waals surface area contributed by atoms with Crippen LogP contribution >= 0.6 is 0 Å². The fourth-order valence-electron chi connectivity index (χ4n) is 3.22. The molecule has 1 heterocycles. The Morgan fingerprint density at radius 3 is 2.47 bits per heavy atom. The average Bonchev–Trinajstić information content (AvgIpc) is 3.13. The SMILES string of the molecule is COC(=O)Cc1[nH]n(-c2ccc([N+](=O)[O-])cc2)c(=O)c1C(C)=NCc1ccccc1OC. The molecule has 3 rings (SSSR count). The van der Waals surface area contributed by atoms with E-state index in [9.17, 15) is 19.7 Å². The van der Waals surface area contributed by atoms with Crippen molar-refractivity contribution in [2.24, 2.45) is 4.99 Å². The minimum Gasteiger partial charge on any atom is -0.496 e. The number of rotatable bonds is 8. The Labute approximate surface area is 183 Å². The first-order chi connectivity index (χ1) is 15.3. The lowest BCUT2D eigenvalue weighted by Crippen LogP contribution is -2.20. The molecule has 2 aromatic carbocycles. The number of aliphatic imine (C=N–C) groups is 1. The van der Waals surface area contributed by atoms with Gasteiger partial charge in [-0.2, -0.15) is 0 Å². The molecule has 166 valence electrons. The van der Waals surface area contributed by atoms with Crippen molar-refractivity contribution in [3.8, 4) is 11.4 Å². The van der Waals surface area contributed by atoms with Gasteiger partial charge in [0.05, 0.1) is 49.1 Å². The molecule has 0 aliphatic carbocycles. The van der Waals surface area contributed by atoms with Gasteiger partial charge in [-0.05, 0) is 25.1 Å². The van der Waals surface area contributed by atoms with Crippen LogP contribution in [0.3, 0.4) is 0 Å². The van der Waals surface area contributed by atoms with Gasteiger partial charge in [-0.3, -0.25) is 29.8 Å². The van der Waals surface area contributed by atoms with Crippen molar-refractivity contribution < 1.29 is 19.2 Å². The number of benzene rings is 2. The van der Waals surface area contributed by atoms with Crippen LogP contribution in [0.2, 0.25) is 0 Å². The minimum atomic E-state index is -0.527. The lowest BCUT2D eigenvalue weighted by Gasteiger charge is -2.06. The van der Waals surface area contributed by atoms with Crippen molar-refractivity contribution in [3.63, 3.8) is 0 Å². The molecule has 32 heavy (non-hydrogen) atoms. The first-order valence-corrected chi connectivity index (χ1v) is 9.64. The minimum absolute atomic E-state index is 0.0992. The molecule has 3 aromatic rings. The second-order valence-corrected chi connectivity index (χ2v) is 6.85. The van der Waals surface area contributed by atoms with Crippen molar-refractivity contribution >= 4 is 17.4 Å². The van der Waals surface area contributed by atoms with Gasteiger partial charge in [0.25, 0.3) is 11.2 Å². The summed E-state index contributed by atoms with van der Waals surface area (Å²) in [4.78, 5) is 40.0. The molecule has 0 amide bonds. The highest BCUT2D eigenvalue weighted by Crippen LogP contribution is 2.19. The van der Waals surface area contributed by atoms with Crippen LogP contribution in [0.5, 0.6) is 5.75 Å². The lowest BCUT2D eigenvalue weighted by molar-refractivity contribution is -0.384. The predicted molar refractivity (Wildman–Crippen MR) is 118 cm³/mol. The molecule has 0 saturated heterocycles.